The van der Waals surface area contributed by atoms with Crippen LogP contribution in [0.3, 0.4) is 0 Å². The third-order valence-electron chi connectivity index (χ3n) is 4.78. The molecule has 0 aromatic rings. The van der Waals surface area contributed by atoms with E-state index in [2.05, 4.69) is 41.6 Å². The van der Waals surface area contributed by atoms with Crippen LogP contribution in [-0.2, 0) is 67.8 Å². The van der Waals surface area contributed by atoms with Crippen LogP contribution in [0.2, 0.25) is 0 Å². The second kappa shape index (κ2) is 27.3. The maximum atomic E-state index is 11.5. The van der Waals surface area contributed by atoms with Crippen LogP contribution < -0.4 is 9.86 Å². The molecule has 0 aliphatic heterocycles. The maximum absolute atomic E-state index is 11.5. The van der Waals surface area contributed by atoms with Crippen molar-refractivity contribution in [3.8, 4) is 0 Å². The third kappa shape index (κ3) is 40.1. The highest BCUT2D eigenvalue weighted by Gasteiger charge is 2.17. The zero-order valence-electron chi connectivity index (χ0n) is 27.4. The molecule has 0 aliphatic rings. The van der Waals surface area contributed by atoms with E-state index in [-0.39, 0.29) is 30.6 Å². The van der Waals surface area contributed by atoms with Gasteiger partial charge in [-0.15, -0.1) is 0 Å². The fraction of sp³-hybridized carbons (Fsp3) is 0.643. The second-order valence-corrected chi connectivity index (χ2v) is 13.2. The number of esters is 4. The van der Waals surface area contributed by atoms with Gasteiger partial charge in [0, 0.05) is 11.1 Å². The van der Waals surface area contributed by atoms with Crippen molar-refractivity contribution in [2.24, 2.45) is 5.14 Å². The van der Waals surface area contributed by atoms with Crippen molar-refractivity contribution in [2.45, 2.75) is 78.1 Å². The molecule has 0 atom stereocenters. The number of hydrogen-bond donors (Lipinski definition) is 3. The number of carboxylic acids is 1. The SMILES string of the molecule is C=C(CC(=O)OCCCCCC)C(=O)OCC(=O)NS(C)(=O)=O.C=C(CC(=O)OCCCCCC)C(=O)OCC(=O)O.CS(N)(=O)=O. The molecule has 0 rings (SSSR count). The Morgan fingerprint density at radius 3 is 1.34 bits per heavy atom. The third-order valence-corrected chi connectivity index (χ3v) is 5.37. The molecule has 19 heteroatoms. The zero-order valence-corrected chi connectivity index (χ0v) is 29.0. The Labute approximate surface area is 276 Å². The van der Waals surface area contributed by atoms with Crippen molar-refractivity contribution in [1.82, 2.24) is 4.72 Å². The van der Waals surface area contributed by atoms with Crippen LogP contribution in [0.1, 0.15) is 78.1 Å². The van der Waals surface area contributed by atoms with Gasteiger partial charge in [-0.1, -0.05) is 65.5 Å². The number of unbranched alkanes of at least 4 members (excludes halogenated alkanes) is 6. The first-order chi connectivity index (χ1) is 21.6. The molecule has 0 saturated heterocycles. The first-order valence-corrected chi connectivity index (χ1v) is 18.2. The van der Waals surface area contributed by atoms with Crippen molar-refractivity contribution in [3.05, 3.63) is 24.3 Å². The van der Waals surface area contributed by atoms with Gasteiger partial charge < -0.3 is 24.1 Å². The molecule has 0 unspecified atom stereocenters. The second-order valence-electron chi connectivity index (χ2n) is 9.80. The number of carboxylic acid groups (broad SMARTS) is 1. The van der Waals surface area contributed by atoms with Crippen LogP contribution in [-0.4, -0.2) is 96.6 Å². The van der Waals surface area contributed by atoms with Crippen LogP contribution in [0.15, 0.2) is 24.3 Å². The quantitative estimate of drug-likeness (QED) is 0.0653. The fourth-order valence-electron chi connectivity index (χ4n) is 2.72. The monoisotopic (exact) mass is 716 g/mol. The number of rotatable bonds is 21. The zero-order chi connectivity index (χ0) is 37.1. The number of aliphatic carboxylic acids is 1. The summed E-state index contributed by atoms with van der Waals surface area (Å²) < 4.78 is 60.8. The molecule has 0 spiro atoms. The smallest absolute Gasteiger partial charge is 0.341 e. The molecule has 0 saturated carbocycles. The van der Waals surface area contributed by atoms with Crippen LogP contribution in [0, 0.1) is 0 Å². The highest BCUT2D eigenvalue weighted by molar-refractivity contribution is 7.89. The Morgan fingerprint density at radius 2 is 1.02 bits per heavy atom. The van der Waals surface area contributed by atoms with E-state index in [0.29, 0.717) is 6.61 Å². The summed E-state index contributed by atoms with van der Waals surface area (Å²) in [5.74, 6) is -5.29. The van der Waals surface area contributed by atoms with Crippen molar-refractivity contribution < 1.29 is 69.7 Å². The van der Waals surface area contributed by atoms with Gasteiger partial charge in [-0.25, -0.2) is 36.4 Å². The molecule has 0 aromatic carbocycles. The highest BCUT2D eigenvalue weighted by atomic mass is 32.2. The van der Waals surface area contributed by atoms with Crippen LogP contribution >= 0.6 is 0 Å². The average Bonchev–Trinajstić information content (AvgIpc) is 2.92. The molecule has 0 fully saturated rings. The van der Waals surface area contributed by atoms with Gasteiger partial charge in [0.05, 0.1) is 38.6 Å². The van der Waals surface area contributed by atoms with Crippen LogP contribution in [0.25, 0.3) is 0 Å². The van der Waals surface area contributed by atoms with E-state index in [4.69, 9.17) is 14.6 Å². The maximum Gasteiger partial charge on any atom is 0.341 e. The lowest BCUT2D eigenvalue weighted by molar-refractivity contribution is -0.153. The molecule has 272 valence electrons. The molecule has 47 heavy (non-hydrogen) atoms. The predicted octanol–water partition coefficient (Wildman–Crippen LogP) is 1.26. The summed E-state index contributed by atoms with van der Waals surface area (Å²) in [7, 11) is -6.88. The normalized spacial score (nSPS) is 10.4. The lowest BCUT2D eigenvalue weighted by Crippen LogP contribution is -2.33. The van der Waals surface area contributed by atoms with Crippen LogP contribution in [0.4, 0.5) is 0 Å². The Hall–Kier alpha value is -3.84. The van der Waals surface area contributed by atoms with Gasteiger partial charge in [-0.05, 0) is 12.8 Å². The van der Waals surface area contributed by atoms with Gasteiger partial charge in [0.25, 0.3) is 5.91 Å². The number of ether oxygens (including phenoxy) is 4. The number of primary sulfonamides is 1. The molecule has 4 N–H and O–H groups in total. The number of hydrogen-bond acceptors (Lipinski definition) is 14. The van der Waals surface area contributed by atoms with E-state index >= 15 is 0 Å². The Balaban J connectivity index is -0.000000728. The summed E-state index contributed by atoms with van der Waals surface area (Å²) in [5, 5.41) is 12.6. The molecule has 0 aliphatic carbocycles. The molecule has 17 nitrogen and oxygen atoms in total. The van der Waals surface area contributed by atoms with E-state index in [1.807, 2.05) is 0 Å². The van der Waals surface area contributed by atoms with E-state index in [1.54, 1.807) is 4.72 Å². The fourth-order valence-corrected chi connectivity index (χ4v) is 3.20. The Kier molecular flexibility index (Phi) is 27.6. The summed E-state index contributed by atoms with van der Waals surface area (Å²) in [6, 6.07) is 0. The molecular weight excluding hydrogens is 668 g/mol. The minimum atomic E-state index is -3.72. The minimum absolute atomic E-state index is 0.111. The molecule has 0 aromatic heterocycles. The largest absolute Gasteiger partial charge is 0.479 e. The molecule has 0 heterocycles. The highest BCUT2D eigenvalue weighted by Crippen LogP contribution is 2.06. The number of nitrogens with two attached hydrogens (primary N) is 1. The molecule has 0 radical (unpaired) electrons. The Bertz CT molecular complexity index is 1250. The van der Waals surface area contributed by atoms with Gasteiger partial charge in [0.1, 0.15) is 0 Å². The minimum Gasteiger partial charge on any atom is -0.479 e. The number of carbonyl (C=O) groups is 6. The van der Waals surface area contributed by atoms with Gasteiger partial charge in [0.15, 0.2) is 13.2 Å². The van der Waals surface area contributed by atoms with Crippen LogP contribution in [0.5, 0.6) is 0 Å². The number of nitrogens with one attached hydrogen (secondary N) is 1. The molecular formula is C28H48N2O15S2. The summed E-state index contributed by atoms with van der Waals surface area (Å²) >= 11 is 0. The molecule has 0 bridgehead atoms. The predicted molar refractivity (Wildman–Crippen MR) is 169 cm³/mol. The molecule has 1 amide bonds. The first-order valence-electron chi connectivity index (χ1n) is 14.3. The topological polar surface area (TPSA) is 266 Å². The Morgan fingerprint density at radius 1 is 0.660 bits per heavy atom. The standard InChI is InChI=1S/C14H23NO7S.C13H20O6.CH5NO2S/c1-4-5-6-7-8-21-13(17)9-11(2)14(18)22-10-12(16)15-23(3,19)20;1-3-4-5-6-7-18-12(16)8-10(2)13(17)19-9-11(14)15;1-5(2,3)4/h2,4-10H2,1,3H3,(H,15,16);2-9H2,1H3,(H,14,15);1H3,(H2,2,3,4). The number of amides is 1. The van der Waals surface area contributed by atoms with Gasteiger partial charge >= 0.3 is 29.8 Å². The van der Waals surface area contributed by atoms with Gasteiger partial charge in [0.2, 0.25) is 20.0 Å². The number of sulfonamides is 2. The van der Waals surface area contributed by atoms with Crippen molar-refractivity contribution in [3.63, 3.8) is 0 Å². The van der Waals surface area contributed by atoms with Crippen molar-refractivity contribution in [1.29, 1.82) is 0 Å². The lowest BCUT2D eigenvalue weighted by atomic mass is 10.2. The summed E-state index contributed by atoms with van der Waals surface area (Å²) in [4.78, 5) is 66.8. The van der Waals surface area contributed by atoms with E-state index < -0.39 is 69.0 Å². The van der Waals surface area contributed by atoms with Crippen molar-refractivity contribution >= 4 is 55.8 Å². The average molecular weight is 717 g/mol. The van der Waals surface area contributed by atoms with E-state index in [0.717, 1.165) is 63.9 Å². The summed E-state index contributed by atoms with van der Waals surface area (Å²) in [6.45, 7) is 9.96. The van der Waals surface area contributed by atoms with Gasteiger partial charge in [-0.2, -0.15) is 0 Å². The van der Waals surface area contributed by atoms with Crippen molar-refractivity contribution in [2.75, 3.05) is 38.9 Å². The van der Waals surface area contributed by atoms with Gasteiger partial charge in [-0.3, -0.25) is 19.1 Å². The number of carbonyl (C=O) groups excluding carboxylic acids is 5. The van der Waals surface area contributed by atoms with E-state index in [1.165, 1.54) is 0 Å². The first kappa shape index (κ1) is 47.6. The summed E-state index contributed by atoms with van der Waals surface area (Å²) in [6.07, 6.45) is 8.91. The van der Waals surface area contributed by atoms with E-state index in [9.17, 15) is 45.6 Å². The summed E-state index contributed by atoms with van der Waals surface area (Å²) in [5.41, 5.74) is -0.282. The lowest BCUT2D eigenvalue weighted by Gasteiger charge is -2.07.